The van der Waals surface area contributed by atoms with E-state index < -0.39 is 23.4 Å². The number of hydrogen-bond acceptors (Lipinski definition) is 4. The van der Waals surface area contributed by atoms with Crippen LogP contribution in [0.25, 0.3) is 11.3 Å². The van der Waals surface area contributed by atoms with Crippen LogP contribution in [0.15, 0.2) is 41.8 Å². The average Bonchev–Trinajstić information content (AvgIpc) is 3.07. The molecule has 0 aliphatic carbocycles. The fraction of sp³-hybridized carbons (Fsp3) is 0.0556. The molecule has 0 aliphatic heterocycles. The number of hydrogen-bond donors (Lipinski definition) is 2. The number of aromatic nitrogens is 1. The number of carbonyl (C=O) groups is 2. The standard InChI is InChI=1S/C18H11Cl2F2N3O2S/c19-9-4-5-10(11(20)6-9)17(27)23-7-15(26)25-18-24-14(8-28-18)16-12(21)2-1-3-13(16)22/h1-6,8H,7H2,(H,23,27)(H,24,25,26). The van der Waals surface area contributed by atoms with Crippen molar-refractivity contribution in [1.29, 1.82) is 0 Å². The maximum Gasteiger partial charge on any atom is 0.253 e. The number of nitrogens with zero attached hydrogens (tertiary/aromatic N) is 1. The highest BCUT2D eigenvalue weighted by Gasteiger charge is 2.16. The zero-order chi connectivity index (χ0) is 20.3. The molecule has 0 bridgehead atoms. The fourth-order valence-corrected chi connectivity index (χ4v) is 3.49. The molecule has 0 fully saturated rings. The van der Waals surface area contributed by atoms with Crippen LogP contribution in [0.3, 0.4) is 0 Å². The minimum atomic E-state index is -0.754. The summed E-state index contributed by atoms with van der Waals surface area (Å²) in [5.41, 5.74) is -0.0387. The number of nitrogens with one attached hydrogen (secondary N) is 2. The van der Waals surface area contributed by atoms with Crippen LogP contribution in [-0.2, 0) is 4.79 Å². The summed E-state index contributed by atoms with van der Waals surface area (Å²) in [6.45, 7) is -0.346. The first-order valence-electron chi connectivity index (χ1n) is 7.78. The van der Waals surface area contributed by atoms with Crippen molar-refractivity contribution in [1.82, 2.24) is 10.3 Å². The van der Waals surface area contributed by atoms with Gasteiger partial charge in [0.25, 0.3) is 5.91 Å². The fourth-order valence-electron chi connectivity index (χ4n) is 2.28. The Morgan fingerprint density at radius 1 is 1.11 bits per heavy atom. The summed E-state index contributed by atoms with van der Waals surface area (Å²) in [6.07, 6.45) is 0. The minimum Gasteiger partial charge on any atom is -0.343 e. The summed E-state index contributed by atoms with van der Waals surface area (Å²) < 4.78 is 27.6. The lowest BCUT2D eigenvalue weighted by atomic mass is 10.1. The molecule has 1 heterocycles. The summed E-state index contributed by atoms with van der Waals surface area (Å²) >= 11 is 12.7. The van der Waals surface area contributed by atoms with Gasteiger partial charge in [-0.3, -0.25) is 9.59 Å². The SMILES string of the molecule is O=C(CNC(=O)c1ccc(Cl)cc1Cl)Nc1nc(-c2c(F)cccc2F)cs1. The zero-order valence-electron chi connectivity index (χ0n) is 13.9. The summed E-state index contributed by atoms with van der Waals surface area (Å²) in [6, 6.07) is 7.84. The molecule has 1 aromatic heterocycles. The second kappa shape index (κ2) is 8.64. The monoisotopic (exact) mass is 441 g/mol. The molecule has 2 amide bonds. The van der Waals surface area contributed by atoms with E-state index in [-0.39, 0.29) is 33.5 Å². The number of thiazole rings is 1. The first-order valence-corrected chi connectivity index (χ1v) is 9.41. The van der Waals surface area contributed by atoms with Gasteiger partial charge in [-0.2, -0.15) is 0 Å². The lowest BCUT2D eigenvalue weighted by Crippen LogP contribution is -2.33. The summed E-state index contributed by atoms with van der Waals surface area (Å²) in [5.74, 6) is -2.62. The largest absolute Gasteiger partial charge is 0.343 e. The molecule has 5 nitrogen and oxygen atoms in total. The van der Waals surface area contributed by atoms with Crippen molar-refractivity contribution in [2.24, 2.45) is 0 Å². The van der Waals surface area contributed by atoms with Crippen molar-refractivity contribution >= 4 is 51.5 Å². The summed E-state index contributed by atoms with van der Waals surface area (Å²) in [7, 11) is 0. The Balaban J connectivity index is 1.61. The van der Waals surface area contributed by atoms with E-state index in [1.54, 1.807) is 0 Å². The molecule has 0 unspecified atom stereocenters. The van der Waals surface area contributed by atoms with E-state index in [1.807, 2.05) is 0 Å². The van der Waals surface area contributed by atoms with Crippen molar-refractivity contribution in [2.75, 3.05) is 11.9 Å². The quantitative estimate of drug-likeness (QED) is 0.599. The molecule has 0 aliphatic rings. The van der Waals surface area contributed by atoms with Crippen molar-refractivity contribution < 1.29 is 18.4 Å². The van der Waals surface area contributed by atoms with E-state index in [1.165, 1.54) is 29.6 Å². The Hall–Kier alpha value is -2.55. The molecule has 144 valence electrons. The van der Waals surface area contributed by atoms with E-state index in [0.717, 1.165) is 23.5 Å². The summed E-state index contributed by atoms with van der Waals surface area (Å²) in [5, 5.41) is 6.96. The third-order valence-electron chi connectivity index (χ3n) is 3.55. The Morgan fingerprint density at radius 2 is 1.82 bits per heavy atom. The van der Waals surface area contributed by atoms with Crippen molar-refractivity contribution in [3.63, 3.8) is 0 Å². The highest BCUT2D eigenvalue weighted by molar-refractivity contribution is 7.14. The average molecular weight is 442 g/mol. The van der Waals surface area contributed by atoms with E-state index in [2.05, 4.69) is 15.6 Å². The number of anilines is 1. The lowest BCUT2D eigenvalue weighted by Gasteiger charge is -2.07. The van der Waals surface area contributed by atoms with E-state index >= 15 is 0 Å². The van der Waals surface area contributed by atoms with Crippen LogP contribution >= 0.6 is 34.5 Å². The van der Waals surface area contributed by atoms with Crippen molar-refractivity contribution in [3.8, 4) is 11.3 Å². The van der Waals surface area contributed by atoms with Crippen LogP contribution in [0.1, 0.15) is 10.4 Å². The minimum absolute atomic E-state index is 0.0629. The van der Waals surface area contributed by atoms with Gasteiger partial charge in [0.05, 0.1) is 28.4 Å². The van der Waals surface area contributed by atoms with Gasteiger partial charge < -0.3 is 10.6 Å². The molecule has 0 spiro atoms. The van der Waals surface area contributed by atoms with Gasteiger partial charge >= 0.3 is 0 Å². The van der Waals surface area contributed by atoms with Crippen LogP contribution < -0.4 is 10.6 Å². The zero-order valence-corrected chi connectivity index (χ0v) is 16.3. The van der Waals surface area contributed by atoms with Gasteiger partial charge in [-0.25, -0.2) is 13.8 Å². The number of carbonyl (C=O) groups excluding carboxylic acids is 2. The number of rotatable bonds is 5. The molecule has 0 saturated heterocycles. The second-order valence-electron chi connectivity index (χ2n) is 5.49. The maximum absolute atomic E-state index is 13.8. The highest BCUT2D eigenvalue weighted by Crippen LogP contribution is 2.29. The Labute approximate surface area is 172 Å². The van der Waals surface area contributed by atoms with Crippen molar-refractivity contribution in [3.05, 3.63) is 69.0 Å². The predicted molar refractivity (Wildman–Crippen MR) is 105 cm³/mol. The van der Waals surface area contributed by atoms with E-state index in [9.17, 15) is 18.4 Å². The molecule has 3 rings (SSSR count). The molecule has 2 N–H and O–H groups in total. The third kappa shape index (κ3) is 4.64. The number of halogens is 4. The van der Waals surface area contributed by atoms with Gasteiger partial charge in [-0.1, -0.05) is 29.3 Å². The van der Waals surface area contributed by atoms with E-state index in [4.69, 9.17) is 23.2 Å². The van der Waals surface area contributed by atoms with Crippen molar-refractivity contribution in [2.45, 2.75) is 0 Å². The normalized spacial score (nSPS) is 10.6. The van der Waals surface area contributed by atoms with Gasteiger partial charge in [0.2, 0.25) is 5.91 Å². The maximum atomic E-state index is 13.8. The summed E-state index contributed by atoms with van der Waals surface area (Å²) in [4.78, 5) is 28.1. The molecule has 2 aromatic carbocycles. The predicted octanol–water partition coefficient (Wildman–Crippen LogP) is 4.76. The molecule has 0 radical (unpaired) electrons. The van der Waals surface area contributed by atoms with Gasteiger partial charge in [0, 0.05) is 10.4 Å². The van der Waals surface area contributed by atoms with Crippen LogP contribution in [-0.4, -0.2) is 23.3 Å². The molecule has 0 atom stereocenters. The molecule has 3 aromatic rings. The van der Waals surface area contributed by atoms with Crippen LogP contribution in [0.5, 0.6) is 0 Å². The Bertz CT molecular complexity index is 1040. The third-order valence-corrected chi connectivity index (χ3v) is 4.86. The molecular formula is C18H11Cl2F2N3O2S. The highest BCUT2D eigenvalue weighted by atomic mass is 35.5. The van der Waals surface area contributed by atoms with Crippen LogP contribution in [0.4, 0.5) is 13.9 Å². The molecule has 10 heteroatoms. The molecular weight excluding hydrogens is 431 g/mol. The molecule has 0 saturated carbocycles. The van der Waals surface area contributed by atoms with Gasteiger partial charge in [0.15, 0.2) is 5.13 Å². The van der Waals surface area contributed by atoms with Gasteiger partial charge in [-0.15, -0.1) is 11.3 Å². The first kappa shape index (κ1) is 20.2. The van der Waals surface area contributed by atoms with Gasteiger partial charge in [-0.05, 0) is 30.3 Å². The number of amides is 2. The topological polar surface area (TPSA) is 71.1 Å². The number of benzene rings is 2. The van der Waals surface area contributed by atoms with Crippen LogP contribution in [0, 0.1) is 11.6 Å². The van der Waals surface area contributed by atoms with E-state index in [0.29, 0.717) is 5.02 Å². The Morgan fingerprint density at radius 3 is 2.50 bits per heavy atom. The van der Waals surface area contributed by atoms with Crippen LogP contribution in [0.2, 0.25) is 10.0 Å². The van der Waals surface area contributed by atoms with Gasteiger partial charge in [0.1, 0.15) is 11.6 Å². The first-order chi connectivity index (χ1) is 13.3. The smallest absolute Gasteiger partial charge is 0.253 e. The second-order valence-corrected chi connectivity index (χ2v) is 7.19. The molecule has 28 heavy (non-hydrogen) atoms. The lowest BCUT2D eigenvalue weighted by molar-refractivity contribution is -0.115. The Kier molecular flexibility index (Phi) is 6.23.